The standard InChI is InChI=1S/C20H19BrN2O3/c21-11-5-7-17-14(9-11)15(20(26)23-17)10-18-13(6-8-19(24)25)12-3-1-2-4-16(12)22-18/h5,7,9-10,22H,1-4,6,8H2,(H,23,26)(H,24,25)/b15-10+. The number of hydrogen-bond acceptors (Lipinski definition) is 2. The van der Waals surface area contributed by atoms with E-state index in [1.54, 1.807) is 0 Å². The second kappa shape index (κ2) is 6.76. The molecule has 1 aromatic carbocycles. The fourth-order valence-corrected chi connectivity index (χ4v) is 4.23. The van der Waals surface area contributed by atoms with E-state index in [2.05, 4.69) is 26.2 Å². The number of anilines is 1. The number of rotatable bonds is 4. The number of carbonyl (C=O) groups is 2. The predicted octanol–water partition coefficient (Wildman–Crippen LogP) is 4.17. The van der Waals surface area contributed by atoms with Crippen molar-refractivity contribution in [2.75, 3.05) is 5.32 Å². The van der Waals surface area contributed by atoms with Gasteiger partial charge >= 0.3 is 5.97 Å². The number of aryl methyl sites for hydroxylation is 1. The zero-order chi connectivity index (χ0) is 18.3. The lowest BCUT2D eigenvalue weighted by Crippen LogP contribution is -2.05. The zero-order valence-corrected chi connectivity index (χ0v) is 15.8. The highest BCUT2D eigenvalue weighted by molar-refractivity contribution is 9.10. The lowest BCUT2D eigenvalue weighted by molar-refractivity contribution is -0.137. The normalized spacial score (nSPS) is 17.1. The molecule has 2 aromatic rings. The Morgan fingerprint density at radius 1 is 1.27 bits per heavy atom. The van der Waals surface area contributed by atoms with Crippen molar-refractivity contribution in [3.8, 4) is 0 Å². The van der Waals surface area contributed by atoms with E-state index in [1.807, 2.05) is 24.3 Å². The van der Waals surface area contributed by atoms with Crippen LogP contribution in [-0.4, -0.2) is 22.0 Å². The van der Waals surface area contributed by atoms with Gasteiger partial charge in [0.1, 0.15) is 0 Å². The maximum atomic E-state index is 12.5. The Bertz CT molecular complexity index is 943. The Morgan fingerprint density at radius 2 is 2.08 bits per heavy atom. The van der Waals surface area contributed by atoms with Crippen LogP contribution in [0.3, 0.4) is 0 Å². The van der Waals surface area contributed by atoms with Crippen LogP contribution >= 0.6 is 15.9 Å². The third-order valence-corrected chi connectivity index (χ3v) is 5.58. The van der Waals surface area contributed by atoms with Crippen LogP contribution in [0.2, 0.25) is 0 Å². The van der Waals surface area contributed by atoms with Crippen LogP contribution in [0.4, 0.5) is 5.69 Å². The molecule has 3 N–H and O–H groups in total. The van der Waals surface area contributed by atoms with Crippen molar-refractivity contribution >= 4 is 45.1 Å². The summed E-state index contributed by atoms with van der Waals surface area (Å²) in [5.74, 6) is -0.933. The van der Waals surface area contributed by atoms with Crippen LogP contribution in [0.5, 0.6) is 0 Å². The number of amides is 1. The summed E-state index contributed by atoms with van der Waals surface area (Å²) in [7, 11) is 0. The molecule has 0 bridgehead atoms. The van der Waals surface area contributed by atoms with Crippen molar-refractivity contribution in [2.45, 2.75) is 38.5 Å². The topological polar surface area (TPSA) is 82.2 Å². The van der Waals surface area contributed by atoms with Crippen molar-refractivity contribution in [3.05, 3.63) is 50.8 Å². The maximum Gasteiger partial charge on any atom is 0.303 e. The number of H-pyrrole nitrogens is 1. The molecule has 1 amide bonds. The van der Waals surface area contributed by atoms with Gasteiger partial charge in [0.05, 0.1) is 5.57 Å². The minimum atomic E-state index is -0.803. The van der Waals surface area contributed by atoms with E-state index in [-0.39, 0.29) is 12.3 Å². The number of aromatic nitrogens is 1. The van der Waals surface area contributed by atoms with Gasteiger partial charge in [0.15, 0.2) is 0 Å². The molecule has 6 heteroatoms. The number of aromatic amines is 1. The van der Waals surface area contributed by atoms with Gasteiger partial charge in [0, 0.05) is 33.5 Å². The van der Waals surface area contributed by atoms with Gasteiger partial charge < -0.3 is 15.4 Å². The second-order valence-corrected chi connectivity index (χ2v) is 7.69. The van der Waals surface area contributed by atoms with Gasteiger partial charge in [0.25, 0.3) is 5.91 Å². The summed E-state index contributed by atoms with van der Waals surface area (Å²) in [5, 5.41) is 12.0. The molecule has 134 valence electrons. The van der Waals surface area contributed by atoms with E-state index in [1.165, 1.54) is 11.3 Å². The fraction of sp³-hybridized carbons (Fsp3) is 0.300. The fourth-order valence-electron chi connectivity index (χ4n) is 3.87. The van der Waals surface area contributed by atoms with E-state index in [0.717, 1.165) is 52.7 Å². The Kier molecular flexibility index (Phi) is 4.44. The van der Waals surface area contributed by atoms with Crippen LogP contribution in [0.1, 0.15) is 47.3 Å². The molecule has 4 rings (SSSR count). The summed E-state index contributed by atoms with van der Waals surface area (Å²) >= 11 is 3.46. The summed E-state index contributed by atoms with van der Waals surface area (Å²) in [6.07, 6.45) is 6.66. The summed E-state index contributed by atoms with van der Waals surface area (Å²) in [5.41, 5.74) is 6.63. The maximum absolute atomic E-state index is 12.5. The lowest BCUT2D eigenvalue weighted by atomic mass is 9.92. The Morgan fingerprint density at radius 3 is 2.88 bits per heavy atom. The zero-order valence-electron chi connectivity index (χ0n) is 14.2. The molecule has 0 spiro atoms. The minimum Gasteiger partial charge on any atom is -0.481 e. The van der Waals surface area contributed by atoms with Gasteiger partial charge in [-0.15, -0.1) is 0 Å². The van der Waals surface area contributed by atoms with Crippen LogP contribution in [0.25, 0.3) is 11.6 Å². The highest BCUT2D eigenvalue weighted by atomic mass is 79.9. The van der Waals surface area contributed by atoms with E-state index < -0.39 is 5.97 Å². The molecular formula is C20H19BrN2O3. The van der Waals surface area contributed by atoms with Gasteiger partial charge in [-0.25, -0.2) is 0 Å². The molecule has 2 heterocycles. The predicted molar refractivity (Wildman–Crippen MR) is 104 cm³/mol. The van der Waals surface area contributed by atoms with Crippen LogP contribution in [0, 0.1) is 0 Å². The number of benzene rings is 1. The van der Waals surface area contributed by atoms with Crippen LogP contribution < -0.4 is 5.32 Å². The van der Waals surface area contributed by atoms with Crippen LogP contribution in [0.15, 0.2) is 22.7 Å². The molecule has 0 unspecified atom stereocenters. The van der Waals surface area contributed by atoms with Crippen molar-refractivity contribution in [1.29, 1.82) is 0 Å². The van der Waals surface area contributed by atoms with Gasteiger partial charge in [-0.2, -0.15) is 0 Å². The number of aliphatic carboxylic acids is 1. The monoisotopic (exact) mass is 414 g/mol. The average molecular weight is 415 g/mol. The first-order valence-corrected chi connectivity index (χ1v) is 9.59. The van der Waals surface area contributed by atoms with Crippen molar-refractivity contribution in [2.24, 2.45) is 0 Å². The largest absolute Gasteiger partial charge is 0.481 e. The van der Waals surface area contributed by atoms with E-state index in [9.17, 15) is 9.59 Å². The van der Waals surface area contributed by atoms with Crippen molar-refractivity contribution in [3.63, 3.8) is 0 Å². The van der Waals surface area contributed by atoms with Gasteiger partial charge in [-0.05, 0) is 67.5 Å². The number of carbonyl (C=O) groups excluding carboxylic acids is 1. The number of carboxylic acid groups (broad SMARTS) is 1. The number of carboxylic acids is 1. The highest BCUT2D eigenvalue weighted by Crippen LogP contribution is 2.36. The molecule has 0 saturated carbocycles. The third-order valence-electron chi connectivity index (χ3n) is 5.08. The molecule has 26 heavy (non-hydrogen) atoms. The molecule has 1 aliphatic heterocycles. The van der Waals surface area contributed by atoms with Crippen molar-refractivity contribution < 1.29 is 14.7 Å². The number of hydrogen-bond donors (Lipinski definition) is 3. The molecule has 0 atom stereocenters. The van der Waals surface area contributed by atoms with Gasteiger partial charge in [-0.3, -0.25) is 9.59 Å². The Labute approximate surface area is 159 Å². The second-order valence-electron chi connectivity index (χ2n) is 6.78. The first-order valence-electron chi connectivity index (χ1n) is 8.80. The van der Waals surface area contributed by atoms with Crippen LogP contribution in [-0.2, 0) is 28.9 Å². The lowest BCUT2D eigenvalue weighted by Gasteiger charge is -2.12. The number of halogens is 1. The Balaban J connectivity index is 1.80. The van der Waals surface area contributed by atoms with Crippen molar-refractivity contribution in [1.82, 2.24) is 4.98 Å². The molecule has 0 radical (unpaired) electrons. The minimum absolute atomic E-state index is 0.0921. The summed E-state index contributed by atoms with van der Waals surface area (Å²) in [6, 6.07) is 5.70. The summed E-state index contributed by atoms with van der Waals surface area (Å²) in [6.45, 7) is 0. The van der Waals surface area contributed by atoms with E-state index in [0.29, 0.717) is 12.0 Å². The summed E-state index contributed by atoms with van der Waals surface area (Å²) in [4.78, 5) is 27.0. The molecule has 0 fully saturated rings. The quantitative estimate of drug-likeness (QED) is 0.656. The number of nitrogens with one attached hydrogen (secondary N) is 2. The third kappa shape index (κ3) is 3.09. The highest BCUT2D eigenvalue weighted by Gasteiger charge is 2.26. The molecule has 1 aliphatic carbocycles. The molecule has 2 aliphatic rings. The van der Waals surface area contributed by atoms with Gasteiger partial charge in [-0.1, -0.05) is 15.9 Å². The van der Waals surface area contributed by atoms with Gasteiger partial charge in [0.2, 0.25) is 0 Å². The smallest absolute Gasteiger partial charge is 0.303 e. The molecular weight excluding hydrogens is 396 g/mol. The Hall–Kier alpha value is -2.34. The summed E-state index contributed by atoms with van der Waals surface area (Å²) < 4.78 is 0.913. The SMILES string of the molecule is O=C(O)CCc1c(/C=C2/C(=O)Nc3ccc(Br)cc32)[nH]c2c1CCCC2. The molecule has 1 aromatic heterocycles. The average Bonchev–Trinajstić information content (AvgIpc) is 3.11. The molecule has 5 nitrogen and oxygen atoms in total. The van der Waals surface area contributed by atoms with E-state index >= 15 is 0 Å². The first kappa shape index (κ1) is 17.1. The number of fused-ring (bicyclic) bond motifs is 2. The first-order chi connectivity index (χ1) is 12.5. The molecule has 0 saturated heterocycles. The van der Waals surface area contributed by atoms with E-state index in [4.69, 9.17) is 5.11 Å².